The molecule has 0 fully saturated rings. The first-order chi connectivity index (χ1) is 11.2. The molecular formula is C18H14N2O3. The Hall–Kier alpha value is -3.08. The number of ketones is 2. The Balaban J connectivity index is 1.72. The predicted octanol–water partition coefficient (Wildman–Crippen LogP) is 3.43. The lowest BCUT2D eigenvalue weighted by molar-refractivity contribution is 0.0883. The van der Waals surface area contributed by atoms with Gasteiger partial charge in [-0.25, -0.2) is 0 Å². The quantitative estimate of drug-likeness (QED) is 0.493. The Morgan fingerprint density at radius 2 is 1.78 bits per heavy atom. The van der Waals surface area contributed by atoms with Gasteiger partial charge in [-0.1, -0.05) is 24.3 Å². The van der Waals surface area contributed by atoms with Crippen molar-refractivity contribution in [1.29, 1.82) is 0 Å². The molecule has 1 aliphatic rings. The van der Waals surface area contributed by atoms with Crippen LogP contribution in [0.5, 0.6) is 0 Å². The summed E-state index contributed by atoms with van der Waals surface area (Å²) in [6.07, 6.45) is 6.45. The van der Waals surface area contributed by atoms with E-state index in [1.165, 1.54) is 6.21 Å². The minimum absolute atomic E-state index is 0.215. The summed E-state index contributed by atoms with van der Waals surface area (Å²) in [7, 11) is 0. The molecule has 114 valence electrons. The highest BCUT2D eigenvalue weighted by Crippen LogP contribution is 2.27. The predicted molar refractivity (Wildman–Crippen MR) is 87.9 cm³/mol. The van der Waals surface area contributed by atoms with Gasteiger partial charge in [0.1, 0.15) is 11.7 Å². The third-order valence-electron chi connectivity index (χ3n) is 3.57. The number of rotatable bonds is 4. The number of hydrogen-bond acceptors (Lipinski definition) is 5. The Morgan fingerprint density at radius 3 is 2.39 bits per heavy atom. The van der Waals surface area contributed by atoms with Gasteiger partial charge < -0.3 is 4.42 Å². The molecule has 0 aliphatic heterocycles. The van der Waals surface area contributed by atoms with Gasteiger partial charge in [-0.05, 0) is 31.2 Å². The lowest BCUT2D eigenvalue weighted by atomic mass is 9.99. The Kier molecular flexibility index (Phi) is 4.10. The average Bonchev–Trinajstić information content (AvgIpc) is 3.15. The van der Waals surface area contributed by atoms with E-state index >= 15 is 0 Å². The lowest BCUT2D eigenvalue weighted by Crippen LogP contribution is -2.23. The zero-order valence-corrected chi connectivity index (χ0v) is 12.5. The Morgan fingerprint density at radius 1 is 1.09 bits per heavy atom. The molecule has 23 heavy (non-hydrogen) atoms. The zero-order valence-electron chi connectivity index (χ0n) is 12.5. The second kappa shape index (κ2) is 6.36. The van der Waals surface area contributed by atoms with Gasteiger partial charge in [0, 0.05) is 17.3 Å². The van der Waals surface area contributed by atoms with Crippen LogP contribution in [0.1, 0.15) is 33.4 Å². The molecule has 1 aromatic carbocycles. The second-order valence-corrected chi connectivity index (χ2v) is 5.09. The molecule has 5 heteroatoms. The number of nitrogens with zero attached hydrogens (tertiary/aromatic N) is 2. The van der Waals surface area contributed by atoms with Gasteiger partial charge in [-0.2, -0.15) is 10.2 Å². The Bertz CT molecular complexity index is 795. The lowest BCUT2D eigenvalue weighted by Gasteiger charge is -2.03. The van der Waals surface area contributed by atoms with Crippen LogP contribution >= 0.6 is 0 Å². The minimum Gasteiger partial charge on any atom is -0.465 e. The number of furan rings is 1. The first-order valence-electron chi connectivity index (χ1n) is 7.13. The molecule has 5 nitrogen and oxygen atoms in total. The zero-order chi connectivity index (χ0) is 16.2. The summed E-state index contributed by atoms with van der Waals surface area (Å²) in [4.78, 5) is 24.6. The van der Waals surface area contributed by atoms with Crippen LogP contribution in [0, 0.1) is 5.92 Å². The molecule has 0 atom stereocenters. The molecule has 0 bridgehead atoms. The topological polar surface area (TPSA) is 72.0 Å². The molecule has 1 aromatic heterocycles. The van der Waals surface area contributed by atoms with E-state index in [0.29, 0.717) is 22.6 Å². The van der Waals surface area contributed by atoms with Crippen molar-refractivity contribution in [2.24, 2.45) is 16.1 Å². The standard InChI is InChI=1S/C18H14N2O3/c1-12(20-19-10-4-6-13-7-5-11-23-13)16-17(21)14-8-2-3-9-15(14)18(16)22/h2-11,16H,1H3. The molecule has 1 heterocycles. The van der Waals surface area contributed by atoms with Crippen LogP contribution < -0.4 is 0 Å². The molecule has 0 saturated heterocycles. The van der Waals surface area contributed by atoms with Crippen molar-refractivity contribution < 1.29 is 14.0 Å². The van der Waals surface area contributed by atoms with Crippen LogP contribution in [0.3, 0.4) is 0 Å². The molecule has 0 unspecified atom stereocenters. The molecule has 0 amide bonds. The number of hydrogen-bond donors (Lipinski definition) is 0. The summed E-state index contributed by atoms with van der Waals surface area (Å²) in [5.41, 5.74) is 1.30. The van der Waals surface area contributed by atoms with Crippen molar-refractivity contribution in [3.8, 4) is 0 Å². The van der Waals surface area contributed by atoms with E-state index in [0.717, 1.165) is 0 Å². The van der Waals surface area contributed by atoms with Crippen LogP contribution in [0.2, 0.25) is 0 Å². The van der Waals surface area contributed by atoms with E-state index in [1.54, 1.807) is 55.7 Å². The maximum Gasteiger partial charge on any atom is 0.180 e. The van der Waals surface area contributed by atoms with Crippen LogP contribution in [0.25, 0.3) is 6.08 Å². The highest BCUT2D eigenvalue weighted by Gasteiger charge is 2.40. The molecule has 2 aromatic rings. The van der Waals surface area contributed by atoms with E-state index in [2.05, 4.69) is 10.2 Å². The maximum atomic E-state index is 12.3. The maximum absolute atomic E-state index is 12.3. The summed E-state index contributed by atoms with van der Waals surface area (Å²) in [6, 6.07) is 10.4. The number of carbonyl (C=O) groups excluding carboxylic acids is 2. The third kappa shape index (κ3) is 2.94. The number of Topliss-reactive ketones (excluding diaryl/α,β-unsaturated/α-hetero) is 2. The van der Waals surface area contributed by atoms with Crippen LogP contribution in [0.4, 0.5) is 0 Å². The molecule has 0 spiro atoms. The van der Waals surface area contributed by atoms with E-state index in [4.69, 9.17) is 4.42 Å². The normalized spacial score (nSPS) is 16.0. The largest absolute Gasteiger partial charge is 0.465 e. The van der Waals surface area contributed by atoms with Gasteiger partial charge in [-0.3, -0.25) is 9.59 Å². The van der Waals surface area contributed by atoms with E-state index in [1.807, 2.05) is 6.07 Å². The van der Waals surface area contributed by atoms with Gasteiger partial charge in [0.05, 0.1) is 12.0 Å². The van der Waals surface area contributed by atoms with Gasteiger partial charge in [0.25, 0.3) is 0 Å². The van der Waals surface area contributed by atoms with Gasteiger partial charge in [0.2, 0.25) is 0 Å². The fourth-order valence-electron chi connectivity index (χ4n) is 2.47. The van der Waals surface area contributed by atoms with Crippen molar-refractivity contribution in [3.63, 3.8) is 0 Å². The molecule has 0 saturated carbocycles. The monoisotopic (exact) mass is 306 g/mol. The fourth-order valence-corrected chi connectivity index (χ4v) is 2.47. The highest BCUT2D eigenvalue weighted by molar-refractivity contribution is 6.36. The fraction of sp³-hybridized carbons (Fsp3) is 0.111. The van der Waals surface area contributed by atoms with Crippen molar-refractivity contribution in [1.82, 2.24) is 0 Å². The number of allylic oxidation sites excluding steroid dienone is 1. The molecule has 0 N–H and O–H groups in total. The average molecular weight is 306 g/mol. The third-order valence-corrected chi connectivity index (χ3v) is 3.57. The summed E-state index contributed by atoms with van der Waals surface area (Å²) in [5.74, 6) is -0.589. The Labute approximate surface area is 133 Å². The van der Waals surface area contributed by atoms with Crippen LogP contribution in [-0.4, -0.2) is 23.5 Å². The number of benzene rings is 1. The first-order valence-corrected chi connectivity index (χ1v) is 7.13. The van der Waals surface area contributed by atoms with Crippen molar-refractivity contribution in [2.45, 2.75) is 6.92 Å². The van der Waals surface area contributed by atoms with Crippen molar-refractivity contribution >= 4 is 29.6 Å². The molecule has 1 aliphatic carbocycles. The number of carbonyl (C=O) groups is 2. The number of fused-ring (bicyclic) bond motifs is 1. The highest BCUT2D eigenvalue weighted by atomic mass is 16.3. The van der Waals surface area contributed by atoms with Crippen molar-refractivity contribution in [3.05, 3.63) is 65.6 Å². The molecule has 3 rings (SSSR count). The first kappa shape index (κ1) is 14.8. The molecular weight excluding hydrogens is 292 g/mol. The van der Waals surface area contributed by atoms with Crippen molar-refractivity contribution in [2.75, 3.05) is 0 Å². The van der Waals surface area contributed by atoms with E-state index in [9.17, 15) is 9.59 Å². The van der Waals surface area contributed by atoms with Gasteiger partial charge >= 0.3 is 0 Å². The SMILES string of the molecule is CC(=NN=CC=Cc1ccco1)C1C(=O)c2ccccc2C1=O. The smallest absolute Gasteiger partial charge is 0.180 e. The van der Waals surface area contributed by atoms with Crippen LogP contribution in [0.15, 0.2) is 63.4 Å². The minimum atomic E-state index is -0.862. The van der Waals surface area contributed by atoms with Gasteiger partial charge in [-0.15, -0.1) is 0 Å². The van der Waals surface area contributed by atoms with E-state index < -0.39 is 5.92 Å². The van der Waals surface area contributed by atoms with E-state index in [-0.39, 0.29) is 11.6 Å². The summed E-state index contributed by atoms with van der Waals surface area (Å²) in [5, 5.41) is 7.85. The summed E-state index contributed by atoms with van der Waals surface area (Å²) in [6.45, 7) is 1.64. The van der Waals surface area contributed by atoms with Crippen LogP contribution in [-0.2, 0) is 0 Å². The van der Waals surface area contributed by atoms with Gasteiger partial charge in [0.15, 0.2) is 11.6 Å². The molecule has 0 radical (unpaired) electrons. The summed E-state index contributed by atoms with van der Waals surface area (Å²) < 4.78 is 5.13. The summed E-state index contributed by atoms with van der Waals surface area (Å²) >= 11 is 0. The second-order valence-electron chi connectivity index (χ2n) is 5.09.